The lowest BCUT2D eigenvalue weighted by atomic mass is 9.72. The van der Waals surface area contributed by atoms with Crippen LogP contribution in [0.2, 0.25) is 0 Å². The molecule has 2 amide bonds. The van der Waals surface area contributed by atoms with Gasteiger partial charge in [-0.1, -0.05) is 40.5 Å². The number of nitrogens with two attached hydrogens (primary N) is 1. The van der Waals surface area contributed by atoms with Crippen LogP contribution in [0.25, 0.3) is 0 Å². The van der Waals surface area contributed by atoms with Crippen LogP contribution in [0, 0.1) is 11.3 Å². The number of rotatable bonds is 6. The largest absolute Gasteiger partial charge is 0.365 e. The van der Waals surface area contributed by atoms with Crippen LogP contribution in [0.3, 0.4) is 0 Å². The molecule has 4 N–H and O–H groups in total. The Morgan fingerprint density at radius 1 is 1.30 bits per heavy atom. The zero-order chi connectivity index (χ0) is 20.2. The Hall–Kier alpha value is -1.47. The smallest absolute Gasteiger partial charge is 0.251 e. The normalized spacial score (nSPS) is 16.5. The van der Waals surface area contributed by atoms with Gasteiger partial charge in [0.1, 0.15) is 5.00 Å². The first-order valence-electron chi connectivity index (χ1n) is 9.68. The number of carbonyl (C=O) groups is 2. The molecule has 1 heterocycles. The maximum Gasteiger partial charge on any atom is 0.251 e. The van der Waals surface area contributed by atoms with E-state index in [-0.39, 0.29) is 16.4 Å². The molecule has 7 heteroatoms. The predicted molar refractivity (Wildman–Crippen MR) is 116 cm³/mol. The number of hydrogen-bond acceptors (Lipinski definition) is 4. The molecule has 0 fully saturated rings. The van der Waals surface area contributed by atoms with Gasteiger partial charge in [0.05, 0.1) is 5.56 Å². The maximum atomic E-state index is 12.1. The minimum atomic E-state index is -0.443. The molecule has 1 aliphatic carbocycles. The Balaban J connectivity index is 2.11. The van der Waals surface area contributed by atoms with Crippen molar-refractivity contribution in [1.82, 2.24) is 5.32 Å². The monoisotopic (exact) mass is 409 g/mol. The minimum absolute atomic E-state index is 0.101. The summed E-state index contributed by atoms with van der Waals surface area (Å²) in [5.74, 6) is 0.0272. The van der Waals surface area contributed by atoms with E-state index < -0.39 is 5.91 Å². The predicted octanol–water partition coefficient (Wildman–Crippen LogP) is 4.39. The van der Waals surface area contributed by atoms with E-state index in [2.05, 4.69) is 38.3 Å². The molecule has 0 radical (unpaired) electrons. The molecular formula is C20H31N3O2S2. The first-order valence-corrected chi connectivity index (χ1v) is 10.9. The fraction of sp³-hybridized carbons (Fsp3) is 0.650. The first kappa shape index (κ1) is 21.8. The van der Waals surface area contributed by atoms with Crippen molar-refractivity contribution in [1.29, 1.82) is 0 Å². The molecule has 2 rings (SSSR count). The van der Waals surface area contributed by atoms with Crippen molar-refractivity contribution in [3.05, 3.63) is 16.0 Å². The lowest BCUT2D eigenvalue weighted by molar-refractivity contribution is -0.119. The van der Waals surface area contributed by atoms with Gasteiger partial charge in [-0.3, -0.25) is 9.59 Å². The van der Waals surface area contributed by atoms with Gasteiger partial charge in [0.25, 0.3) is 5.91 Å². The van der Waals surface area contributed by atoms with E-state index in [1.54, 1.807) is 0 Å². The lowest BCUT2D eigenvalue weighted by Crippen LogP contribution is -2.34. The molecule has 0 saturated carbocycles. The second-order valence-corrected chi connectivity index (χ2v) is 9.85. The van der Waals surface area contributed by atoms with Crippen molar-refractivity contribution >= 4 is 45.5 Å². The van der Waals surface area contributed by atoms with Crippen molar-refractivity contribution in [2.75, 3.05) is 5.32 Å². The van der Waals surface area contributed by atoms with Crippen LogP contribution >= 0.6 is 23.6 Å². The summed E-state index contributed by atoms with van der Waals surface area (Å²) in [6.45, 7) is 8.87. The van der Waals surface area contributed by atoms with Crippen LogP contribution in [0.5, 0.6) is 0 Å². The molecule has 1 aliphatic rings. The molecular weight excluding hydrogens is 378 g/mol. The average Bonchev–Trinajstić information content (AvgIpc) is 2.90. The third-order valence-electron chi connectivity index (χ3n) is 5.22. The van der Waals surface area contributed by atoms with Crippen LogP contribution in [-0.2, 0) is 17.6 Å². The van der Waals surface area contributed by atoms with E-state index in [0.29, 0.717) is 22.9 Å². The minimum Gasteiger partial charge on any atom is -0.365 e. The number of fused-ring (bicyclic) bond motifs is 1. The van der Waals surface area contributed by atoms with Crippen LogP contribution in [0.4, 0.5) is 5.00 Å². The van der Waals surface area contributed by atoms with Crippen LogP contribution in [-0.4, -0.2) is 16.9 Å². The summed E-state index contributed by atoms with van der Waals surface area (Å²) in [4.78, 5) is 25.2. The van der Waals surface area contributed by atoms with Crippen LogP contribution in [0.15, 0.2) is 0 Å². The summed E-state index contributed by atoms with van der Waals surface area (Å²) in [6, 6.07) is 0. The van der Waals surface area contributed by atoms with Crippen molar-refractivity contribution in [2.45, 2.75) is 72.6 Å². The summed E-state index contributed by atoms with van der Waals surface area (Å²) in [5.41, 5.74) is 7.47. The van der Waals surface area contributed by atoms with Crippen LogP contribution < -0.4 is 16.4 Å². The van der Waals surface area contributed by atoms with Gasteiger partial charge in [-0.2, -0.15) is 0 Å². The summed E-state index contributed by atoms with van der Waals surface area (Å²) in [6.07, 6.45) is 6.23. The highest BCUT2D eigenvalue weighted by atomic mass is 32.1. The number of amides is 2. The summed E-state index contributed by atoms with van der Waals surface area (Å²) in [7, 11) is 0. The maximum absolute atomic E-state index is 12.1. The van der Waals surface area contributed by atoms with Crippen molar-refractivity contribution < 1.29 is 9.59 Å². The Kier molecular flexibility index (Phi) is 7.40. The molecule has 1 aromatic heterocycles. The number of nitrogens with one attached hydrogen (secondary N) is 2. The Labute approximate surface area is 171 Å². The van der Waals surface area contributed by atoms with Crippen molar-refractivity contribution in [3.8, 4) is 0 Å². The van der Waals surface area contributed by atoms with Gasteiger partial charge in [-0.05, 0) is 54.8 Å². The van der Waals surface area contributed by atoms with Crippen LogP contribution in [0.1, 0.15) is 80.6 Å². The topological polar surface area (TPSA) is 84.2 Å². The zero-order valence-corrected chi connectivity index (χ0v) is 18.4. The molecule has 0 aromatic carbocycles. The molecule has 150 valence electrons. The number of anilines is 1. The fourth-order valence-electron chi connectivity index (χ4n) is 3.53. The van der Waals surface area contributed by atoms with Gasteiger partial charge in [0.15, 0.2) is 5.11 Å². The highest BCUT2D eigenvalue weighted by Crippen LogP contribution is 2.44. The fourth-order valence-corrected chi connectivity index (χ4v) is 5.15. The van der Waals surface area contributed by atoms with E-state index in [1.165, 1.54) is 16.2 Å². The molecule has 0 unspecified atom stereocenters. The standard InChI is InChI=1S/C20H31N3O2S2/c1-5-6-7-8-15(24)22-19(26)23-18-16(17(21)25)13-10-9-12(20(2,3)4)11-14(13)27-18/h12H,5-11H2,1-4H3,(H2,21,25)(H2,22,23,24,26)/t12-/m0/s1. The Morgan fingerprint density at radius 2 is 2.00 bits per heavy atom. The third kappa shape index (κ3) is 5.75. The van der Waals surface area contributed by atoms with Gasteiger partial charge >= 0.3 is 0 Å². The SMILES string of the molecule is CCCCCC(=O)NC(=S)Nc1sc2c(c1C(N)=O)CC[C@H](C(C)(C)C)C2. The molecule has 0 spiro atoms. The van der Waals surface area contributed by atoms with E-state index in [0.717, 1.165) is 44.1 Å². The number of unbranched alkanes of at least 4 members (excludes halogenated alkanes) is 2. The number of hydrogen-bond donors (Lipinski definition) is 3. The van der Waals surface area contributed by atoms with Gasteiger partial charge in [0.2, 0.25) is 5.91 Å². The Bertz CT molecular complexity index is 720. The van der Waals surface area contributed by atoms with Gasteiger partial charge in [-0.25, -0.2) is 0 Å². The van der Waals surface area contributed by atoms with E-state index in [9.17, 15) is 9.59 Å². The van der Waals surface area contributed by atoms with Gasteiger partial charge in [0, 0.05) is 11.3 Å². The summed E-state index contributed by atoms with van der Waals surface area (Å²) in [5, 5.41) is 6.62. The molecule has 0 bridgehead atoms. The number of primary amides is 1. The number of thiophene rings is 1. The lowest BCUT2D eigenvalue weighted by Gasteiger charge is -2.33. The number of thiocarbonyl (C=S) groups is 1. The summed E-state index contributed by atoms with van der Waals surface area (Å²) < 4.78 is 0. The van der Waals surface area contributed by atoms with E-state index in [1.807, 2.05) is 0 Å². The highest BCUT2D eigenvalue weighted by Gasteiger charge is 2.33. The molecule has 1 atom stereocenters. The number of carbonyl (C=O) groups excluding carboxylic acids is 2. The quantitative estimate of drug-likeness (QED) is 0.480. The van der Waals surface area contributed by atoms with Gasteiger partial charge in [-0.15, -0.1) is 11.3 Å². The first-order chi connectivity index (χ1) is 12.6. The molecule has 5 nitrogen and oxygen atoms in total. The molecule has 0 saturated heterocycles. The second kappa shape index (κ2) is 9.15. The molecule has 27 heavy (non-hydrogen) atoms. The average molecular weight is 410 g/mol. The summed E-state index contributed by atoms with van der Waals surface area (Å²) >= 11 is 6.81. The van der Waals surface area contributed by atoms with Crippen molar-refractivity contribution in [3.63, 3.8) is 0 Å². The highest BCUT2D eigenvalue weighted by molar-refractivity contribution is 7.80. The second-order valence-electron chi connectivity index (χ2n) is 8.34. The zero-order valence-electron chi connectivity index (χ0n) is 16.7. The van der Waals surface area contributed by atoms with Crippen molar-refractivity contribution in [2.24, 2.45) is 17.1 Å². The molecule has 1 aromatic rings. The van der Waals surface area contributed by atoms with Gasteiger partial charge < -0.3 is 16.4 Å². The Morgan fingerprint density at radius 3 is 2.59 bits per heavy atom. The molecule has 0 aliphatic heterocycles. The van der Waals surface area contributed by atoms with E-state index in [4.69, 9.17) is 18.0 Å². The van der Waals surface area contributed by atoms with E-state index >= 15 is 0 Å². The third-order valence-corrected chi connectivity index (χ3v) is 6.60.